The summed E-state index contributed by atoms with van der Waals surface area (Å²) in [5.41, 5.74) is 12.3. The van der Waals surface area contributed by atoms with Crippen LogP contribution in [0.1, 0.15) is 24.1 Å². The number of benzene rings is 1. The maximum atomic E-state index is 14.6. The van der Waals surface area contributed by atoms with Crippen molar-refractivity contribution in [2.75, 3.05) is 30.4 Å². The normalized spacial score (nSPS) is 22.0. The lowest BCUT2D eigenvalue weighted by Crippen LogP contribution is -2.30. The average molecular weight is 484 g/mol. The van der Waals surface area contributed by atoms with Crippen molar-refractivity contribution in [2.45, 2.75) is 25.3 Å². The maximum Gasteiger partial charge on any atom is 0.324 e. The molecule has 0 unspecified atom stereocenters. The van der Waals surface area contributed by atoms with Gasteiger partial charge in [-0.25, -0.2) is 4.39 Å². The summed E-state index contributed by atoms with van der Waals surface area (Å²) in [5, 5.41) is 3.14. The second-order valence-corrected chi connectivity index (χ2v) is 9.94. The molecular formula is C27H26FN7O. The first kappa shape index (κ1) is 21.4. The van der Waals surface area contributed by atoms with Crippen LogP contribution in [-0.2, 0) is 6.42 Å². The predicted octanol–water partition coefficient (Wildman–Crippen LogP) is 4.14. The number of ether oxygens (including phenoxy) is 1. The van der Waals surface area contributed by atoms with E-state index in [1.54, 1.807) is 18.5 Å². The van der Waals surface area contributed by atoms with Gasteiger partial charge >= 0.3 is 6.01 Å². The molecule has 1 aliphatic heterocycles. The minimum Gasteiger partial charge on any atom is -0.423 e. The van der Waals surface area contributed by atoms with Gasteiger partial charge in [0.1, 0.15) is 11.6 Å². The van der Waals surface area contributed by atoms with E-state index in [0.717, 1.165) is 70.9 Å². The standard InChI is InChI=1S/C27H26FN7O/c1-30-22-8-15(28)7-18-17(22)10-24-25(18)26(35-12-14-4-5-20(29)19(14)13-35)34-27(33-24)36-16-9-23-21(32-11-16)3-2-6-31-23/h2-3,6-9,11,14,19-20,30H,4-5,10,12-13,29H2,1H3/t14-,19+,20-/m1/s1. The summed E-state index contributed by atoms with van der Waals surface area (Å²) < 4.78 is 20.7. The number of nitrogens with zero attached hydrogens (tertiary/aromatic N) is 5. The zero-order valence-electron chi connectivity index (χ0n) is 19.9. The Morgan fingerprint density at radius 3 is 2.89 bits per heavy atom. The van der Waals surface area contributed by atoms with Crippen LogP contribution in [0.15, 0.2) is 42.7 Å². The van der Waals surface area contributed by atoms with Crippen LogP contribution < -0.4 is 20.7 Å². The molecule has 8 nitrogen and oxygen atoms in total. The number of anilines is 2. The summed E-state index contributed by atoms with van der Waals surface area (Å²) in [6.07, 6.45) is 6.15. The van der Waals surface area contributed by atoms with Crippen LogP contribution in [-0.4, -0.2) is 46.1 Å². The van der Waals surface area contributed by atoms with Crippen LogP contribution in [0.4, 0.5) is 15.9 Å². The molecule has 0 amide bonds. The summed E-state index contributed by atoms with van der Waals surface area (Å²) in [7, 11) is 1.81. The van der Waals surface area contributed by atoms with E-state index in [4.69, 9.17) is 20.4 Å². The van der Waals surface area contributed by atoms with Crippen LogP contribution in [0.3, 0.4) is 0 Å². The van der Waals surface area contributed by atoms with Crippen molar-refractivity contribution in [1.29, 1.82) is 0 Å². The third-order valence-electron chi connectivity index (χ3n) is 7.89. The SMILES string of the molecule is CNc1cc(F)cc2c1Cc1nc(Oc3cnc4cccnc4c3)nc(N3C[C@H]4CC[C@@H](N)[C@H]4C3)c1-2. The highest BCUT2D eigenvalue weighted by Gasteiger charge is 2.43. The highest BCUT2D eigenvalue weighted by Crippen LogP contribution is 2.48. The van der Waals surface area contributed by atoms with Gasteiger partial charge in [0.05, 0.1) is 22.9 Å². The lowest BCUT2D eigenvalue weighted by atomic mass is 9.98. The van der Waals surface area contributed by atoms with Crippen LogP contribution in [0.25, 0.3) is 22.2 Å². The van der Waals surface area contributed by atoms with E-state index in [-0.39, 0.29) is 17.9 Å². The lowest BCUT2D eigenvalue weighted by molar-refractivity contribution is 0.439. The third-order valence-corrected chi connectivity index (χ3v) is 7.89. The van der Waals surface area contributed by atoms with Gasteiger partial charge in [-0.15, -0.1) is 0 Å². The van der Waals surface area contributed by atoms with Crippen molar-refractivity contribution in [2.24, 2.45) is 17.6 Å². The molecule has 3 aliphatic rings. The number of nitrogens with two attached hydrogens (primary N) is 1. The van der Waals surface area contributed by atoms with Gasteiger partial charge < -0.3 is 20.7 Å². The third kappa shape index (κ3) is 3.37. The van der Waals surface area contributed by atoms with Gasteiger partial charge in [0.25, 0.3) is 0 Å². The molecule has 2 fully saturated rings. The van der Waals surface area contributed by atoms with Crippen molar-refractivity contribution in [3.05, 3.63) is 59.8 Å². The van der Waals surface area contributed by atoms with Gasteiger partial charge in [-0.3, -0.25) is 9.97 Å². The molecule has 4 heterocycles. The fourth-order valence-electron chi connectivity index (χ4n) is 6.17. The first-order valence-corrected chi connectivity index (χ1v) is 12.4. The monoisotopic (exact) mass is 483 g/mol. The van der Waals surface area contributed by atoms with E-state index in [1.807, 2.05) is 25.2 Å². The van der Waals surface area contributed by atoms with Gasteiger partial charge in [0.15, 0.2) is 5.75 Å². The lowest BCUT2D eigenvalue weighted by Gasteiger charge is -2.23. The van der Waals surface area contributed by atoms with Gasteiger partial charge in [0.2, 0.25) is 0 Å². The van der Waals surface area contributed by atoms with E-state index in [2.05, 4.69) is 20.2 Å². The Balaban J connectivity index is 1.33. The zero-order valence-corrected chi connectivity index (χ0v) is 19.9. The summed E-state index contributed by atoms with van der Waals surface area (Å²) in [6, 6.07) is 9.17. The average Bonchev–Trinajstić information content (AvgIpc) is 3.57. The molecule has 0 spiro atoms. The molecule has 3 N–H and O–H groups in total. The first-order chi connectivity index (χ1) is 17.6. The molecule has 182 valence electrons. The van der Waals surface area contributed by atoms with Crippen LogP contribution >= 0.6 is 0 Å². The van der Waals surface area contributed by atoms with E-state index >= 15 is 0 Å². The summed E-state index contributed by atoms with van der Waals surface area (Å²) in [6.45, 7) is 1.71. The highest BCUT2D eigenvalue weighted by atomic mass is 19.1. The molecule has 1 saturated heterocycles. The van der Waals surface area contributed by atoms with E-state index in [1.165, 1.54) is 6.07 Å². The van der Waals surface area contributed by atoms with Crippen LogP contribution in [0.5, 0.6) is 11.8 Å². The molecule has 0 radical (unpaired) electrons. The Morgan fingerprint density at radius 1 is 1.11 bits per heavy atom. The minimum atomic E-state index is -0.285. The summed E-state index contributed by atoms with van der Waals surface area (Å²) >= 11 is 0. The number of fused-ring (bicyclic) bond motifs is 5. The topological polar surface area (TPSA) is 102 Å². The largest absolute Gasteiger partial charge is 0.423 e. The number of hydrogen-bond donors (Lipinski definition) is 2. The van der Waals surface area contributed by atoms with Crippen LogP contribution in [0.2, 0.25) is 0 Å². The fourth-order valence-corrected chi connectivity index (χ4v) is 6.17. The number of halogens is 1. The molecule has 3 atom stereocenters. The molecule has 0 bridgehead atoms. The molecule has 2 aliphatic carbocycles. The van der Waals surface area contributed by atoms with Crippen molar-refractivity contribution < 1.29 is 9.13 Å². The number of pyridine rings is 2. The highest BCUT2D eigenvalue weighted by molar-refractivity contribution is 5.88. The number of aromatic nitrogens is 4. The van der Waals surface area contributed by atoms with Gasteiger partial charge in [-0.05, 0) is 60.1 Å². The Hall–Kier alpha value is -3.85. The van der Waals surface area contributed by atoms with Crippen LogP contribution in [0, 0.1) is 17.7 Å². The van der Waals surface area contributed by atoms with Gasteiger partial charge in [-0.1, -0.05) is 0 Å². The van der Waals surface area contributed by atoms with Gasteiger partial charge in [-0.2, -0.15) is 9.97 Å². The number of rotatable bonds is 4. The van der Waals surface area contributed by atoms with E-state index in [0.29, 0.717) is 24.0 Å². The molecule has 1 aromatic carbocycles. The Kier molecular flexibility index (Phi) is 4.82. The maximum absolute atomic E-state index is 14.6. The molecule has 9 heteroatoms. The van der Waals surface area contributed by atoms with Crippen molar-refractivity contribution in [1.82, 2.24) is 19.9 Å². The Morgan fingerprint density at radius 2 is 2.03 bits per heavy atom. The first-order valence-electron chi connectivity index (χ1n) is 12.4. The number of hydrogen-bond acceptors (Lipinski definition) is 8. The molecule has 1 saturated carbocycles. The second-order valence-electron chi connectivity index (χ2n) is 9.94. The van der Waals surface area contributed by atoms with Crippen molar-refractivity contribution in [3.8, 4) is 22.9 Å². The molecule has 7 rings (SSSR count). The quantitative estimate of drug-likeness (QED) is 0.393. The van der Waals surface area contributed by atoms with Gasteiger partial charge in [0, 0.05) is 56.1 Å². The molecular weight excluding hydrogens is 457 g/mol. The molecule has 36 heavy (non-hydrogen) atoms. The van der Waals surface area contributed by atoms with Crippen molar-refractivity contribution >= 4 is 22.5 Å². The second kappa shape index (κ2) is 8.09. The Bertz CT molecular complexity index is 1510. The predicted molar refractivity (Wildman–Crippen MR) is 136 cm³/mol. The number of nitrogens with one attached hydrogen (secondary N) is 1. The Labute approximate surface area is 207 Å². The summed E-state index contributed by atoms with van der Waals surface area (Å²) in [4.78, 5) is 20.8. The smallest absolute Gasteiger partial charge is 0.324 e. The molecule has 3 aromatic heterocycles. The summed E-state index contributed by atoms with van der Waals surface area (Å²) in [5.74, 6) is 2.01. The van der Waals surface area contributed by atoms with E-state index < -0.39 is 0 Å². The fraction of sp³-hybridized carbons (Fsp3) is 0.333. The van der Waals surface area contributed by atoms with Crippen molar-refractivity contribution in [3.63, 3.8) is 0 Å². The minimum absolute atomic E-state index is 0.211. The molecule has 4 aromatic rings. The zero-order chi connectivity index (χ0) is 24.4. The van der Waals surface area contributed by atoms with E-state index in [9.17, 15) is 4.39 Å².